The Hall–Kier alpha value is -2.70. The van der Waals surface area contributed by atoms with E-state index in [1.165, 1.54) is 4.90 Å². The van der Waals surface area contributed by atoms with Crippen LogP contribution in [0.2, 0.25) is 0 Å². The van der Waals surface area contributed by atoms with Crippen LogP contribution in [0.3, 0.4) is 0 Å². The minimum atomic E-state index is -1.06. The predicted molar refractivity (Wildman–Crippen MR) is 84.6 cm³/mol. The minimum Gasteiger partial charge on any atom is -0.480 e. The van der Waals surface area contributed by atoms with E-state index in [0.29, 0.717) is 5.69 Å². The van der Waals surface area contributed by atoms with Gasteiger partial charge in [-0.1, -0.05) is 22.9 Å². The lowest BCUT2D eigenvalue weighted by Gasteiger charge is -2.24. The quantitative estimate of drug-likeness (QED) is 0.909. The molecule has 0 radical (unpaired) electrons. The molecule has 0 aliphatic carbocycles. The molecule has 7 nitrogen and oxygen atoms in total. The summed E-state index contributed by atoms with van der Waals surface area (Å²) in [5, 5.41) is 17.0. The van der Waals surface area contributed by atoms with Crippen LogP contribution in [0.5, 0.6) is 0 Å². The fourth-order valence-corrected chi connectivity index (χ4v) is 2.23. The zero-order valence-corrected chi connectivity index (χ0v) is 13.6. The third-order valence-electron chi connectivity index (χ3n) is 3.57. The SMILES string of the molecule is Cc1ccc(-n2nnc(C(=O)N(CC(=O)O)C(C)C)c2C)cc1. The van der Waals surface area contributed by atoms with Gasteiger partial charge in [-0.25, -0.2) is 4.68 Å². The van der Waals surface area contributed by atoms with Gasteiger partial charge in [0.1, 0.15) is 6.54 Å². The van der Waals surface area contributed by atoms with Crippen molar-refractivity contribution in [2.24, 2.45) is 0 Å². The molecule has 1 heterocycles. The van der Waals surface area contributed by atoms with Crippen LogP contribution in [0.25, 0.3) is 5.69 Å². The average molecular weight is 316 g/mol. The average Bonchev–Trinajstić information content (AvgIpc) is 2.86. The summed E-state index contributed by atoms with van der Waals surface area (Å²) in [7, 11) is 0. The number of amides is 1. The van der Waals surface area contributed by atoms with Crippen molar-refractivity contribution in [2.45, 2.75) is 33.7 Å². The molecule has 1 aromatic heterocycles. The summed E-state index contributed by atoms with van der Waals surface area (Å²) in [6.45, 7) is 6.89. The van der Waals surface area contributed by atoms with Gasteiger partial charge in [0.05, 0.1) is 11.4 Å². The monoisotopic (exact) mass is 316 g/mol. The summed E-state index contributed by atoms with van der Waals surface area (Å²) in [4.78, 5) is 24.8. The Kier molecular flexibility index (Phi) is 4.78. The van der Waals surface area contributed by atoms with E-state index in [9.17, 15) is 9.59 Å². The van der Waals surface area contributed by atoms with Crippen LogP contribution in [0.1, 0.15) is 35.6 Å². The van der Waals surface area contributed by atoms with Crippen molar-refractivity contribution in [3.63, 3.8) is 0 Å². The number of hydrogen-bond donors (Lipinski definition) is 1. The fraction of sp³-hybridized carbons (Fsp3) is 0.375. The lowest BCUT2D eigenvalue weighted by Crippen LogP contribution is -2.41. The molecule has 0 bridgehead atoms. The summed E-state index contributed by atoms with van der Waals surface area (Å²) >= 11 is 0. The maximum atomic E-state index is 12.6. The molecule has 0 saturated heterocycles. The van der Waals surface area contributed by atoms with Gasteiger partial charge in [0.2, 0.25) is 0 Å². The van der Waals surface area contributed by atoms with Gasteiger partial charge in [0.15, 0.2) is 5.69 Å². The Bertz CT molecular complexity index is 719. The van der Waals surface area contributed by atoms with Crippen LogP contribution in [0.4, 0.5) is 0 Å². The largest absolute Gasteiger partial charge is 0.480 e. The smallest absolute Gasteiger partial charge is 0.323 e. The lowest BCUT2D eigenvalue weighted by molar-refractivity contribution is -0.138. The first-order valence-electron chi connectivity index (χ1n) is 7.33. The number of benzene rings is 1. The molecule has 23 heavy (non-hydrogen) atoms. The molecule has 1 N–H and O–H groups in total. The maximum absolute atomic E-state index is 12.6. The number of nitrogens with zero attached hydrogens (tertiary/aromatic N) is 4. The third-order valence-corrected chi connectivity index (χ3v) is 3.57. The first-order chi connectivity index (χ1) is 10.8. The molecule has 0 unspecified atom stereocenters. The second-order valence-corrected chi connectivity index (χ2v) is 5.69. The van der Waals surface area contributed by atoms with Crippen molar-refractivity contribution in [2.75, 3.05) is 6.54 Å². The van der Waals surface area contributed by atoms with Crippen molar-refractivity contribution < 1.29 is 14.7 Å². The summed E-state index contributed by atoms with van der Waals surface area (Å²) in [5.41, 5.74) is 2.67. The van der Waals surface area contributed by atoms with E-state index in [4.69, 9.17) is 5.11 Å². The summed E-state index contributed by atoms with van der Waals surface area (Å²) in [6.07, 6.45) is 0. The summed E-state index contributed by atoms with van der Waals surface area (Å²) < 4.78 is 1.58. The highest BCUT2D eigenvalue weighted by molar-refractivity contribution is 5.95. The number of rotatable bonds is 5. The number of carbonyl (C=O) groups is 2. The molecular formula is C16H20N4O3. The van der Waals surface area contributed by atoms with E-state index in [1.54, 1.807) is 25.5 Å². The standard InChI is InChI=1S/C16H20N4O3/c1-10(2)19(9-14(21)22)16(23)15-12(4)20(18-17-15)13-7-5-11(3)6-8-13/h5-8,10H,9H2,1-4H3,(H,21,22). The minimum absolute atomic E-state index is 0.167. The van der Waals surface area contributed by atoms with E-state index in [1.807, 2.05) is 31.2 Å². The lowest BCUT2D eigenvalue weighted by atomic mass is 10.2. The number of hydrogen-bond acceptors (Lipinski definition) is 4. The molecule has 0 aliphatic rings. The highest BCUT2D eigenvalue weighted by Crippen LogP contribution is 2.15. The highest BCUT2D eigenvalue weighted by atomic mass is 16.4. The van der Waals surface area contributed by atoms with Crippen LogP contribution in [-0.4, -0.2) is 49.5 Å². The number of carboxylic acid groups (broad SMARTS) is 1. The summed E-state index contributed by atoms with van der Waals surface area (Å²) in [6, 6.07) is 7.43. The van der Waals surface area contributed by atoms with Crippen molar-refractivity contribution >= 4 is 11.9 Å². The number of aliphatic carboxylic acids is 1. The number of aryl methyl sites for hydroxylation is 1. The first kappa shape index (κ1) is 16.7. The van der Waals surface area contributed by atoms with Crippen LogP contribution in [0, 0.1) is 13.8 Å². The van der Waals surface area contributed by atoms with E-state index in [0.717, 1.165) is 11.3 Å². The van der Waals surface area contributed by atoms with E-state index >= 15 is 0 Å². The van der Waals surface area contributed by atoms with Crippen molar-refractivity contribution in [3.8, 4) is 5.69 Å². The molecule has 0 spiro atoms. The Balaban J connectivity index is 2.35. The predicted octanol–water partition coefficient (Wildman–Crippen LogP) is 1.82. The topological polar surface area (TPSA) is 88.3 Å². The van der Waals surface area contributed by atoms with Gasteiger partial charge < -0.3 is 10.0 Å². The molecule has 0 atom stereocenters. The van der Waals surface area contributed by atoms with Gasteiger partial charge in [0.25, 0.3) is 5.91 Å². The molecule has 1 amide bonds. The molecule has 122 valence electrons. The second-order valence-electron chi connectivity index (χ2n) is 5.69. The Morgan fingerprint density at radius 1 is 1.22 bits per heavy atom. The van der Waals surface area contributed by atoms with Crippen LogP contribution >= 0.6 is 0 Å². The Morgan fingerprint density at radius 2 is 1.83 bits per heavy atom. The van der Waals surface area contributed by atoms with Gasteiger partial charge >= 0.3 is 5.97 Å². The molecule has 0 fully saturated rings. The number of carboxylic acids is 1. The van der Waals surface area contributed by atoms with Gasteiger partial charge in [-0.15, -0.1) is 5.10 Å². The van der Waals surface area contributed by atoms with Crippen molar-refractivity contribution in [1.29, 1.82) is 0 Å². The normalized spacial score (nSPS) is 10.8. The first-order valence-corrected chi connectivity index (χ1v) is 7.33. The zero-order valence-electron chi connectivity index (χ0n) is 13.6. The van der Waals surface area contributed by atoms with E-state index in [-0.39, 0.29) is 18.3 Å². The van der Waals surface area contributed by atoms with E-state index < -0.39 is 11.9 Å². The van der Waals surface area contributed by atoms with Crippen LogP contribution < -0.4 is 0 Å². The van der Waals surface area contributed by atoms with Crippen molar-refractivity contribution in [1.82, 2.24) is 19.9 Å². The van der Waals surface area contributed by atoms with Gasteiger partial charge in [-0.05, 0) is 39.8 Å². The molecule has 2 rings (SSSR count). The molecule has 0 aliphatic heterocycles. The van der Waals surface area contributed by atoms with Crippen LogP contribution in [0.15, 0.2) is 24.3 Å². The highest BCUT2D eigenvalue weighted by Gasteiger charge is 2.26. The van der Waals surface area contributed by atoms with E-state index in [2.05, 4.69) is 10.3 Å². The van der Waals surface area contributed by atoms with Crippen molar-refractivity contribution in [3.05, 3.63) is 41.2 Å². The van der Waals surface area contributed by atoms with Crippen LogP contribution in [-0.2, 0) is 4.79 Å². The zero-order chi connectivity index (χ0) is 17.1. The number of carbonyl (C=O) groups excluding carboxylic acids is 1. The van der Waals surface area contributed by atoms with Gasteiger partial charge in [-0.3, -0.25) is 9.59 Å². The number of aromatic nitrogens is 3. The molecule has 0 saturated carbocycles. The maximum Gasteiger partial charge on any atom is 0.323 e. The molecule has 2 aromatic rings. The molecule has 7 heteroatoms. The van der Waals surface area contributed by atoms with Gasteiger partial charge in [0, 0.05) is 6.04 Å². The molecule has 1 aromatic carbocycles. The van der Waals surface area contributed by atoms with Gasteiger partial charge in [-0.2, -0.15) is 0 Å². The second kappa shape index (κ2) is 6.60. The third kappa shape index (κ3) is 3.56. The fourth-order valence-electron chi connectivity index (χ4n) is 2.23. The Labute approximate surface area is 134 Å². The Morgan fingerprint density at radius 3 is 2.35 bits per heavy atom. The summed E-state index contributed by atoms with van der Waals surface area (Å²) in [5.74, 6) is -1.49. The molecular weight excluding hydrogens is 296 g/mol.